The highest BCUT2D eigenvalue weighted by Crippen LogP contribution is 2.50. The van der Waals surface area contributed by atoms with Crippen molar-refractivity contribution in [2.24, 2.45) is 23.2 Å². The second-order valence-corrected chi connectivity index (χ2v) is 20.1. The van der Waals surface area contributed by atoms with Gasteiger partial charge in [0.1, 0.15) is 35.6 Å². The summed E-state index contributed by atoms with van der Waals surface area (Å²) in [5, 5.41) is 5.04. The summed E-state index contributed by atoms with van der Waals surface area (Å²) in [4.78, 5) is 66.2. The number of fused-ring (bicyclic) bond motifs is 5. The van der Waals surface area contributed by atoms with Gasteiger partial charge in [-0.3, -0.25) is 19.1 Å². The lowest BCUT2D eigenvalue weighted by atomic mass is 9.85. The fourth-order valence-electron chi connectivity index (χ4n) is 8.16. The first-order valence-corrected chi connectivity index (χ1v) is 21.6. The molecule has 2 aliphatic heterocycles. The number of hydrogen-bond donors (Lipinski definition) is 3. The molecule has 328 valence electrons. The van der Waals surface area contributed by atoms with Crippen LogP contribution >= 0.6 is 0 Å². The van der Waals surface area contributed by atoms with Crippen molar-refractivity contribution in [3.8, 4) is 11.6 Å². The van der Waals surface area contributed by atoms with E-state index in [0.717, 1.165) is 4.90 Å². The molecule has 5 aliphatic rings. The number of allylic oxidation sites excluding steroid dienone is 2. The zero-order valence-electron chi connectivity index (χ0n) is 34.1. The van der Waals surface area contributed by atoms with Crippen LogP contribution in [0.2, 0.25) is 0 Å². The summed E-state index contributed by atoms with van der Waals surface area (Å²) >= 11 is 0. The third kappa shape index (κ3) is 8.19. The molecule has 15 nitrogen and oxygen atoms in total. The number of carbonyl (C=O) groups excluding carboxylic acids is 4. The van der Waals surface area contributed by atoms with Crippen LogP contribution in [-0.4, -0.2) is 102 Å². The van der Waals surface area contributed by atoms with Gasteiger partial charge in [-0.1, -0.05) is 33.8 Å². The number of alkyl halides is 4. The predicted octanol–water partition coefficient (Wildman–Crippen LogP) is 4.73. The minimum Gasteiger partial charge on any atom is -0.497 e. The lowest BCUT2D eigenvalue weighted by Crippen LogP contribution is -2.61. The molecule has 1 aromatic heterocycles. The van der Waals surface area contributed by atoms with Gasteiger partial charge >= 0.3 is 12.0 Å². The Labute approximate surface area is 344 Å². The van der Waals surface area contributed by atoms with Crippen LogP contribution in [0.15, 0.2) is 30.4 Å². The highest BCUT2D eigenvalue weighted by atomic mass is 32.2. The molecule has 8 atom stereocenters. The molecule has 1 aromatic carbocycles. The Balaban J connectivity index is 1.31. The number of alkyl carbamates (subject to hydrolysis) is 1. The molecular weight excluding hydrogens is 817 g/mol. The molecule has 1 saturated heterocycles. The molecule has 20 heteroatoms. The molecule has 60 heavy (non-hydrogen) atoms. The van der Waals surface area contributed by atoms with E-state index < -0.39 is 123 Å². The minimum absolute atomic E-state index is 0.0376. The van der Waals surface area contributed by atoms with Crippen LogP contribution in [0, 0.1) is 23.2 Å². The van der Waals surface area contributed by atoms with Crippen molar-refractivity contribution in [1.29, 1.82) is 0 Å². The molecule has 3 N–H and O–H groups in total. The van der Waals surface area contributed by atoms with E-state index in [1.807, 2.05) is 4.72 Å². The molecular formula is C40H50F4N6O9S. The van der Waals surface area contributed by atoms with Crippen LogP contribution < -0.4 is 24.8 Å². The topological polar surface area (TPSA) is 195 Å². The number of benzene rings is 1. The van der Waals surface area contributed by atoms with Crippen LogP contribution in [0.1, 0.15) is 85.3 Å². The summed E-state index contributed by atoms with van der Waals surface area (Å²) in [6.45, 7) is 7.57. The number of nitrogens with one attached hydrogen (secondary N) is 3. The van der Waals surface area contributed by atoms with Gasteiger partial charge in [-0.25, -0.2) is 32.0 Å². The summed E-state index contributed by atoms with van der Waals surface area (Å²) in [5.41, 5.74) is -3.99. The van der Waals surface area contributed by atoms with Gasteiger partial charge in [0.2, 0.25) is 34.1 Å². The van der Waals surface area contributed by atoms with E-state index >= 15 is 8.78 Å². The molecule has 7 rings (SSSR count). The number of carbonyl (C=O) groups is 4. The van der Waals surface area contributed by atoms with Crippen molar-refractivity contribution in [3.63, 3.8) is 0 Å². The molecule has 2 aromatic rings. The molecule has 0 radical (unpaired) electrons. The summed E-state index contributed by atoms with van der Waals surface area (Å²) in [6.07, 6.45) is -2.81. The highest BCUT2D eigenvalue weighted by molar-refractivity contribution is 7.91. The maximum absolute atomic E-state index is 16.3. The third-order valence-electron chi connectivity index (χ3n) is 12.5. The van der Waals surface area contributed by atoms with E-state index in [1.165, 1.54) is 38.3 Å². The van der Waals surface area contributed by atoms with Gasteiger partial charge in [0.15, 0.2) is 5.69 Å². The van der Waals surface area contributed by atoms with Gasteiger partial charge in [-0.2, -0.15) is 8.78 Å². The summed E-state index contributed by atoms with van der Waals surface area (Å²) in [6, 6.07) is 1.50. The van der Waals surface area contributed by atoms with Crippen LogP contribution in [0.5, 0.6) is 11.6 Å². The second kappa shape index (κ2) is 15.3. The average molecular weight is 867 g/mol. The number of amides is 4. The van der Waals surface area contributed by atoms with Crippen molar-refractivity contribution >= 4 is 44.9 Å². The van der Waals surface area contributed by atoms with Crippen molar-refractivity contribution in [1.82, 2.24) is 30.2 Å². The molecule has 8 unspecified atom stereocenters. The van der Waals surface area contributed by atoms with Gasteiger partial charge in [0, 0.05) is 12.0 Å². The Morgan fingerprint density at radius 1 is 1.10 bits per heavy atom. The van der Waals surface area contributed by atoms with Crippen LogP contribution in [0.3, 0.4) is 0 Å². The lowest BCUT2D eigenvalue weighted by molar-refractivity contribution is -0.144. The fourth-order valence-corrected chi connectivity index (χ4v) is 9.47. The van der Waals surface area contributed by atoms with Gasteiger partial charge in [-0.15, -0.1) is 0 Å². The van der Waals surface area contributed by atoms with Crippen molar-refractivity contribution in [2.45, 2.75) is 126 Å². The van der Waals surface area contributed by atoms with Crippen LogP contribution in [0.25, 0.3) is 11.0 Å². The average Bonchev–Trinajstić information content (AvgIpc) is 4.12. The normalized spacial score (nSPS) is 31.1. The van der Waals surface area contributed by atoms with Crippen LogP contribution in [-0.2, 0) is 35.1 Å². The van der Waals surface area contributed by atoms with E-state index in [4.69, 9.17) is 14.2 Å². The summed E-state index contributed by atoms with van der Waals surface area (Å²) < 4.78 is 105. The first-order valence-electron chi connectivity index (χ1n) is 20.1. The maximum atomic E-state index is 16.3. The van der Waals surface area contributed by atoms with E-state index in [0.29, 0.717) is 24.7 Å². The standard InChI is InChI=1S/C40H50F4N6O9S/c1-7-22-27-19-50(28(22)32(51)48-39(18-23(39)31(41)42)35(53)49-60(55,56)38(5)14-15-38)34(52)30(37(2,3)4)47-36(54)59-26-16-20(26)10-8-9-13-40(43,44)29-33(58-27)46-25-17-21(57-6)11-12-24(25)45-29/h9,11-13,17,20,22-23,26-28,30-31H,7-8,10,14-16,18-19H2,1-6H3,(H,47,54)(H,48,51)(H,49,53). The molecule has 4 amide bonds. The first-order chi connectivity index (χ1) is 28.0. The molecule has 3 saturated carbocycles. The SMILES string of the molecule is CCC1C2CN(C(=O)C(C(C)(C)C)NC(=O)OC3CC3CCC=CC(F)(F)c3nc4ccc(OC)cc4nc3O2)C1C(=O)NC1(C(=O)NS(=O)(=O)C2(C)CC2)CC1C(F)F. The first kappa shape index (κ1) is 43.3. The second-order valence-electron chi connectivity index (χ2n) is 17.9. The Bertz CT molecular complexity index is 2220. The minimum atomic E-state index is -4.32. The fraction of sp³-hybridized carbons (Fsp3) is 0.650. The van der Waals surface area contributed by atoms with Gasteiger partial charge in [0.05, 0.1) is 35.4 Å². The number of ether oxygens (including phenoxy) is 3. The third-order valence-corrected chi connectivity index (χ3v) is 14.6. The van der Waals surface area contributed by atoms with Crippen LogP contribution in [0.4, 0.5) is 22.4 Å². The zero-order chi connectivity index (χ0) is 43.7. The van der Waals surface area contributed by atoms with Crippen molar-refractivity contribution in [2.75, 3.05) is 13.7 Å². The Morgan fingerprint density at radius 2 is 1.82 bits per heavy atom. The Morgan fingerprint density at radius 3 is 2.43 bits per heavy atom. The number of rotatable bonds is 8. The largest absolute Gasteiger partial charge is 0.497 e. The quantitative estimate of drug-likeness (QED) is 0.245. The summed E-state index contributed by atoms with van der Waals surface area (Å²) in [5.74, 6) is -10.2. The van der Waals surface area contributed by atoms with Crippen molar-refractivity contribution in [3.05, 3.63) is 36.0 Å². The maximum Gasteiger partial charge on any atom is 0.408 e. The number of sulfonamides is 1. The molecule has 4 fully saturated rings. The van der Waals surface area contributed by atoms with Gasteiger partial charge in [0.25, 0.3) is 5.91 Å². The number of halogens is 4. The van der Waals surface area contributed by atoms with Gasteiger partial charge < -0.3 is 29.7 Å². The molecule has 2 bridgehead atoms. The lowest BCUT2D eigenvalue weighted by Gasteiger charge is -2.36. The zero-order valence-corrected chi connectivity index (χ0v) is 34.9. The highest BCUT2D eigenvalue weighted by Gasteiger charge is 2.68. The number of methoxy groups -OCH3 is 1. The molecule has 3 aliphatic carbocycles. The smallest absolute Gasteiger partial charge is 0.408 e. The monoisotopic (exact) mass is 866 g/mol. The van der Waals surface area contributed by atoms with E-state index in [1.54, 1.807) is 27.7 Å². The Kier molecular flexibility index (Phi) is 11.1. The predicted molar refractivity (Wildman–Crippen MR) is 206 cm³/mol. The van der Waals surface area contributed by atoms with Crippen molar-refractivity contribution < 1.29 is 59.4 Å². The van der Waals surface area contributed by atoms with E-state index in [2.05, 4.69) is 20.6 Å². The van der Waals surface area contributed by atoms with Gasteiger partial charge in [-0.05, 0) is 81.4 Å². The number of nitrogens with zero attached hydrogens (tertiary/aromatic N) is 3. The van der Waals surface area contributed by atoms with E-state index in [9.17, 15) is 36.4 Å². The molecule has 0 spiro atoms. The number of aromatic nitrogens is 2. The number of hydrogen-bond acceptors (Lipinski definition) is 11. The van der Waals surface area contributed by atoms with E-state index in [-0.39, 0.29) is 42.6 Å². The Hall–Kier alpha value is -4.75. The summed E-state index contributed by atoms with van der Waals surface area (Å²) in [7, 11) is -2.91. The molecule has 3 heterocycles.